The molecule has 0 saturated heterocycles. The summed E-state index contributed by atoms with van der Waals surface area (Å²) in [6.45, 7) is 0. The van der Waals surface area contributed by atoms with E-state index in [0.717, 1.165) is 0 Å². The topological polar surface area (TPSA) is 42.8 Å². The van der Waals surface area contributed by atoms with Crippen LogP contribution >= 0.6 is 12.9 Å². The van der Waals surface area contributed by atoms with Gasteiger partial charge in [0.1, 0.15) is 0 Å². The summed E-state index contributed by atoms with van der Waals surface area (Å²) < 4.78 is 4.29. The lowest BCUT2D eigenvalue weighted by Gasteiger charge is -1.97. The first kappa shape index (κ1) is 4.89. The molecule has 1 aliphatic rings. The van der Waals surface area contributed by atoms with Gasteiger partial charge in [0.25, 0.3) is 6.41 Å². The van der Waals surface area contributed by atoms with Crippen LogP contribution in [0.15, 0.2) is 4.99 Å². The molecule has 0 fully saturated rings. The van der Waals surface area contributed by atoms with Gasteiger partial charge in [0.05, 0.1) is 0 Å². The van der Waals surface area contributed by atoms with Crippen LogP contribution < -0.4 is 5.48 Å². The Balaban J connectivity index is 2.28. The Hall–Kier alpha value is -0.260. The third kappa shape index (κ3) is 1.05. The normalized spacial score (nSPS) is 27.9. The number of rotatable bonds is 1. The Morgan fingerprint density at radius 2 is 2.86 bits per heavy atom. The summed E-state index contributed by atoms with van der Waals surface area (Å²) in [6.07, 6.45) is 1.67. The summed E-state index contributed by atoms with van der Waals surface area (Å²) in [5.41, 5.74) is 2.23. The van der Waals surface area contributed by atoms with Gasteiger partial charge in [-0.1, -0.05) is 0 Å². The van der Waals surface area contributed by atoms with Gasteiger partial charge < -0.3 is 0 Å². The molecule has 0 aliphatic carbocycles. The van der Waals surface area contributed by atoms with E-state index in [1.54, 1.807) is 0 Å². The van der Waals surface area contributed by atoms with Crippen molar-refractivity contribution in [2.45, 2.75) is 6.41 Å². The van der Waals surface area contributed by atoms with Crippen LogP contribution in [-0.2, 0) is 9.02 Å². The number of aliphatic imine (C=N–C) groups is 1. The predicted octanol–water partition coefficient (Wildman–Crippen LogP) is -0.429. The van der Waals surface area contributed by atoms with E-state index in [0.29, 0.717) is 0 Å². The maximum atomic E-state index is 4.48. The van der Waals surface area contributed by atoms with Crippen LogP contribution in [0.2, 0.25) is 0 Å². The molecule has 0 amide bonds. The molecule has 0 bridgehead atoms. The van der Waals surface area contributed by atoms with Crippen LogP contribution in [0.5, 0.6) is 0 Å². The highest BCUT2D eigenvalue weighted by Gasteiger charge is 2.08. The van der Waals surface area contributed by atoms with Crippen molar-refractivity contribution in [2.24, 2.45) is 4.99 Å². The number of thiol groups is 1. The highest BCUT2D eigenvalue weighted by molar-refractivity contribution is 7.75. The van der Waals surface area contributed by atoms with Crippen molar-refractivity contribution in [1.82, 2.24) is 5.48 Å². The average Bonchev–Trinajstić information content (AvgIpc) is 2.14. The summed E-state index contributed by atoms with van der Waals surface area (Å²) >= 11 is 3.42. The van der Waals surface area contributed by atoms with E-state index in [2.05, 4.69) is 38.7 Å². The Labute approximate surface area is 46.1 Å². The van der Waals surface area contributed by atoms with E-state index >= 15 is 0 Å². The second-order valence-electron chi connectivity index (χ2n) is 0.873. The van der Waals surface area contributed by atoms with Crippen LogP contribution in [0.4, 0.5) is 0 Å². The zero-order valence-electron chi connectivity index (χ0n) is 3.29. The summed E-state index contributed by atoms with van der Waals surface area (Å²) in [7, 11) is 0. The molecule has 39 valence electrons. The zero-order valence-corrected chi connectivity index (χ0v) is 4.18. The third-order valence-electron chi connectivity index (χ3n) is 0.466. The van der Waals surface area contributed by atoms with Crippen molar-refractivity contribution in [3.8, 4) is 0 Å². The fourth-order valence-corrected chi connectivity index (χ4v) is 0.317. The van der Waals surface area contributed by atoms with Gasteiger partial charge in [-0.15, -0.1) is 0 Å². The van der Waals surface area contributed by atoms with Crippen molar-refractivity contribution in [2.75, 3.05) is 0 Å². The standard InChI is InChI=1S/C2H3N2O2S/c7-6-2-3-1-4-5-2/h2,7H,(H,3,4). The minimum absolute atomic E-state index is 0.636. The van der Waals surface area contributed by atoms with Crippen LogP contribution in [-0.4, -0.2) is 12.8 Å². The van der Waals surface area contributed by atoms with Gasteiger partial charge in [-0.05, 0) is 12.9 Å². The van der Waals surface area contributed by atoms with E-state index in [4.69, 9.17) is 0 Å². The second kappa shape index (κ2) is 2.15. The maximum Gasteiger partial charge on any atom is 0.293 e. The van der Waals surface area contributed by atoms with Crippen LogP contribution in [0, 0.1) is 0 Å². The lowest BCUT2D eigenvalue weighted by Crippen LogP contribution is -2.10. The van der Waals surface area contributed by atoms with E-state index in [1.807, 2.05) is 0 Å². The van der Waals surface area contributed by atoms with E-state index in [9.17, 15) is 0 Å². The molecule has 1 unspecified atom stereocenters. The van der Waals surface area contributed by atoms with Crippen molar-refractivity contribution in [3.05, 3.63) is 0 Å². The largest absolute Gasteiger partial charge is 0.293 e. The molecule has 1 radical (unpaired) electrons. The lowest BCUT2D eigenvalue weighted by molar-refractivity contribution is -0.0721. The van der Waals surface area contributed by atoms with Gasteiger partial charge in [-0.3, -0.25) is 4.18 Å². The van der Waals surface area contributed by atoms with Crippen LogP contribution in [0.3, 0.4) is 0 Å². The number of nitrogens with one attached hydrogen (secondary N) is 1. The molecule has 4 nitrogen and oxygen atoms in total. The third-order valence-corrected chi connectivity index (χ3v) is 0.646. The van der Waals surface area contributed by atoms with Crippen LogP contribution in [0.25, 0.3) is 0 Å². The monoisotopic (exact) mass is 119 g/mol. The summed E-state index contributed by atoms with van der Waals surface area (Å²) in [5, 5.41) is 0. The van der Waals surface area contributed by atoms with E-state index in [-0.39, 0.29) is 0 Å². The van der Waals surface area contributed by atoms with Crippen molar-refractivity contribution >= 4 is 19.2 Å². The van der Waals surface area contributed by atoms with Crippen molar-refractivity contribution < 1.29 is 9.02 Å². The molecule has 0 saturated carbocycles. The van der Waals surface area contributed by atoms with E-state index < -0.39 is 6.41 Å². The number of hydroxylamine groups is 1. The average molecular weight is 119 g/mol. The number of hydrogen-bond acceptors (Lipinski definition) is 5. The van der Waals surface area contributed by atoms with Gasteiger partial charge in [0.2, 0.25) is 0 Å². The zero-order chi connectivity index (χ0) is 5.11. The SMILES string of the molecule is SOC1N=[C]NO1. The molecule has 0 spiro atoms. The van der Waals surface area contributed by atoms with Gasteiger partial charge >= 0.3 is 0 Å². The molecule has 1 rings (SSSR count). The first-order valence-corrected chi connectivity index (χ1v) is 1.96. The molecule has 0 aromatic rings. The lowest BCUT2D eigenvalue weighted by atomic mass is 11.1. The first-order chi connectivity index (χ1) is 3.43. The molecule has 1 N–H and O–H groups in total. The van der Waals surface area contributed by atoms with Gasteiger partial charge in [-0.2, -0.15) is 0 Å². The fraction of sp³-hybridized carbons (Fsp3) is 0.500. The highest BCUT2D eigenvalue weighted by Crippen LogP contribution is 1.98. The smallest absolute Gasteiger partial charge is 0.264 e. The van der Waals surface area contributed by atoms with Crippen LogP contribution in [0.1, 0.15) is 0 Å². The Morgan fingerprint density at radius 3 is 3.14 bits per heavy atom. The summed E-state index contributed by atoms with van der Waals surface area (Å²) in [5.74, 6) is 0. The minimum atomic E-state index is -0.636. The molecule has 7 heavy (non-hydrogen) atoms. The maximum absolute atomic E-state index is 4.48. The summed E-state index contributed by atoms with van der Waals surface area (Å²) in [6, 6.07) is 0. The molecule has 0 aromatic heterocycles. The Bertz CT molecular complexity index is 85.8. The highest BCUT2D eigenvalue weighted by atomic mass is 32.1. The molecule has 5 heteroatoms. The molecule has 0 aromatic carbocycles. The number of nitrogens with zero attached hydrogens (tertiary/aromatic N) is 1. The minimum Gasteiger partial charge on any atom is -0.264 e. The van der Waals surface area contributed by atoms with Gasteiger partial charge in [0, 0.05) is 0 Å². The summed E-state index contributed by atoms with van der Waals surface area (Å²) in [4.78, 5) is 7.95. The van der Waals surface area contributed by atoms with E-state index in [1.165, 1.54) is 0 Å². The predicted molar refractivity (Wildman–Crippen MR) is 25.5 cm³/mol. The van der Waals surface area contributed by atoms with Gasteiger partial charge in [-0.25, -0.2) is 15.3 Å². The first-order valence-electron chi connectivity index (χ1n) is 1.59. The molecular formula is C2H3N2O2S. The fourth-order valence-electron chi connectivity index (χ4n) is 0.227. The van der Waals surface area contributed by atoms with Crippen molar-refractivity contribution in [3.63, 3.8) is 0 Å². The molecule has 1 aliphatic heterocycles. The molecule has 1 atom stereocenters. The Kier molecular flexibility index (Phi) is 1.50. The molecule has 1 heterocycles. The Morgan fingerprint density at radius 1 is 2.00 bits per heavy atom. The number of hydrogen-bond donors (Lipinski definition) is 2. The van der Waals surface area contributed by atoms with Crippen molar-refractivity contribution in [1.29, 1.82) is 0 Å². The molecular weight excluding hydrogens is 116 g/mol. The van der Waals surface area contributed by atoms with Gasteiger partial charge in [0.15, 0.2) is 6.34 Å². The quantitative estimate of drug-likeness (QED) is 0.363. The second-order valence-corrected chi connectivity index (χ2v) is 1.08.